The molecule has 0 spiro atoms. The largest absolute Gasteiger partial charge is 0.381 e. The van der Waals surface area contributed by atoms with Crippen molar-refractivity contribution in [2.45, 2.75) is 38.8 Å². The molecule has 1 saturated heterocycles. The van der Waals surface area contributed by atoms with Crippen LogP contribution < -0.4 is 5.32 Å². The first-order valence-corrected chi connectivity index (χ1v) is 7.44. The van der Waals surface area contributed by atoms with E-state index in [9.17, 15) is 0 Å². The fourth-order valence-corrected chi connectivity index (χ4v) is 2.96. The molecule has 2 heterocycles. The molecule has 0 saturated carbocycles. The van der Waals surface area contributed by atoms with E-state index in [1.165, 1.54) is 0 Å². The second kappa shape index (κ2) is 5.58. The van der Waals surface area contributed by atoms with Gasteiger partial charge in [-0.05, 0) is 50.5 Å². The summed E-state index contributed by atoms with van der Waals surface area (Å²) in [5.74, 6) is 0. The van der Waals surface area contributed by atoms with Gasteiger partial charge in [0.25, 0.3) is 0 Å². The number of nitrogens with zero attached hydrogens (tertiary/aromatic N) is 1. The highest BCUT2D eigenvalue weighted by Gasteiger charge is 2.20. The molecule has 0 bridgehead atoms. The van der Waals surface area contributed by atoms with Crippen LogP contribution >= 0.6 is 11.6 Å². The Labute approximate surface area is 124 Å². The normalized spacial score (nSPS) is 22.9. The van der Waals surface area contributed by atoms with Gasteiger partial charge in [-0.15, -0.1) is 0 Å². The third-order valence-corrected chi connectivity index (χ3v) is 4.09. The fraction of sp³-hybridized carbons (Fsp3) is 0.438. The summed E-state index contributed by atoms with van der Waals surface area (Å²) in [7, 11) is 0. The Hall–Kier alpha value is -1.32. The predicted octanol–water partition coefficient (Wildman–Crippen LogP) is 4.18. The Morgan fingerprint density at radius 1 is 1.40 bits per heavy atom. The van der Waals surface area contributed by atoms with Crippen LogP contribution in [0.4, 0.5) is 5.69 Å². The second-order valence-corrected chi connectivity index (χ2v) is 5.96. The number of halogens is 1. The molecule has 1 aromatic heterocycles. The molecule has 4 heteroatoms. The topological polar surface area (TPSA) is 34.2 Å². The molecule has 0 amide bonds. The first-order chi connectivity index (χ1) is 9.63. The highest BCUT2D eigenvalue weighted by molar-refractivity contribution is 6.31. The van der Waals surface area contributed by atoms with Gasteiger partial charge < -0.3 is 10.1 Å². The molecule has 0 radical (unpaired) electrons. The minimum atomic E-state index is 0.318. The van der Waals surface area contributed by atoms with Gasteiger partial charge in [0.15, 0.2) is 0 Å². The lowest BCUT2D eigenvalue weighted by atomic mass is 10.0. The van der Waals surface area contributed by atoms with Gasteiger partial charge in [-0.1, -0.05) is 11.6 Å². The predicted molar refractivity (Wildman–Crippen MR) is 83.5 cm³/mol. The number of aryl methyl sites for hydroxylation is 1. The summed E-state index contributed by atoms with van der Waals surface area (Å²) in [5, 5.41) is 5.51. The van der Waals surface area contributed by atoms with Gasteiger partial charge in [-0.2, -0.15) is 0 Å². The number of rotatable bonds is 2. The minimum absolute atomic E-state index is 0.318. The van der Waals surface area contributed by atoms with Crippen molar-refractivity contribution in [2.75, 3.05) is 11.9 Å². The summed E-state index contributed by atoms with van der Waals surface area (Å²) in [5.41, 5.74) is 3.28. The summed E-state index contributed by atoms with van der Waals surface area (Å²) in [4.78, 5) is 4.47. The maximum absolute atomic E-state index is 6.13. The number of pyridine rings is 1. The summed E-state index contributed by atoms with van der Waals surface area (Å²) < 4.78 is 5.61. The lowest BCUT2D eigenvalue weighted by Gasteiger charge is -2.29. The molecule has 0 unspecified atom stereocenters. The number of aromatic nitrogens is 1. The lowest BCUT2D eigenvalue weighted by molar-refractivity contribution is 0.0232. The van der Waals surface area contributed by atoms with Gasteiger partial charge in [0.2, 0.25) is 0 Å². The molecule has 2 aromatic rings. The van der Waals surface area contributed by atoms with Gasteiger partial charge in [0.05, 0.1) is 11.6 Å². The number of hydrogen-bond acceptors (Lipinski definition) is 3. The highest BCUT2D eigenvalue weighted by atomic mass is 35.5. The van der Waals surface area contributed by atoms with E-state index in [2.05, 4.69) is 24.1 Å². The Morgan fingerprint density at radius 2 is 2.25 bits per heavy atom. The molecule has 20 heavy (non-hydrogen) atoms. The van der Waals surface area contributed by atoms with Crippen molar-refractivity contribution in [3.05, 3.63) is 35.0 Å². The van der Waals surface area contributed by atoms with E-state index in [0.29, 0.717) is 12.1 Å². The van der Waals surface area contributed by atoms with E-state index < -0.39 is 0 Å². The molecule has 1 aromatic carbocycles. The Kier molecular flexibility index (Phi) is 3.81. The van der Waals surface area contributed by atoms with Crippen LogP contribution in [0.1, 0.15) is 25.3 Å². The van der Waals surface area contributed by atoms with Crippen molar-refractivity contribution in [2.24, 2.45) is 0 Å². The number of nitrogens with one attached hydrogen (secondary N) is 1. The van der Waals surface area contributed by atoms with Gasteiger partial charge in [-0.3, -0.25) is 4.98 Å². The maximum atomic E-state index is 6.13. The molecular formula is C16H19ClN2O. The lowest BCUT2D eigenvalue weighted by Crippen LogP contribution is -2.32. The van der Waals surface area contributed by atoms with Crippen LogP contribution in [0.5, 0.6) is 0 Å². The van der Waals surface area contributed by atoms with Crippen LogP contribution in [-0.4, -0.2) is 23.7 Å². The van der Waals surface area contributed by atoms with Crippen LogP contribution in [0.3, 0.4) is 0 Å². The zero-order valence-corrected chi connectivity index (χ0v) is 12.6. The van der Waals surface area contributed by atoms with E-state index in [0.717, 1.165) is 46.6 Å². The number of fused-ring (bicyclic) bond motifs is 1. The van der Waals surface area contributed by atoms with E-state index in [4.69, 9.17) is 16.3 Å². The Bertz CT molecular complexity index is 624. The third-order valence-electron chi connectivity index (χ3n) is 3.85. The van der Waals surface area contributed by atoms with Crippen molar-refractivity contribution >= 4 is 28.2 Å². The van der Waals surface area contributed by atoms with Gasteiger partial charge >= 0.3 is 0 Å². The van der Waals surface area contributed by atoms with Gasteiger partial charge in [0.1, 0.15) is 0 Å². The van der Waals surface area contributed by atoms with Crippen LogP contribution in [0.2, 0.25) is 5.02 Å². The van der Waals surface area contributed by atoms with Gasteiger partial charge in [-0.25, -0.2) is 0 Å². The zero-order valence-electron chi connectivity index (χ0n) is 11.8. The third kappa shape index (κ3) is 2.74. The quantitative estimate of drug-likeness (QED) is 0.901. The summed E-state index contributed by atoms with van der Waals surface area (Å²) in [6.45, 7) is 5.03. The summed E-state index contributed by atoms with van der Waals surface area (Å²) in [6.07, 6.45) is 4.30. The standard InChI is InChI=1S/C16H19ClN2O/c1-10-9-18-15-4-3-12(17)8-14(15)16(10)19-13-5-6-20-11(2)7-13/h3-4,8-9,11,13H,5-7H2,1-2H3,(H,18,19)/t11-,13-/m1/s1. The van der Waals surface area contributed by atoms with Crippen molar-refractivity contribution in [1.82, 2.24) is 4.98 Å². The van der Waals surface area contributed by atoms with Gasteiger partial charge in [0, 0.05) is 34.9 Å². The minimum Gasteiger partial charge on any atom is -0.381 e. The Balaban J connectivity index is 1.97. The van der Waals surface area contributed by atoms with Crippen molar-refractivity contribution < 1.29 is 4.74 Å². The zero-order chi connectivity index (χ0) is 14.1. The number of anilines is 1. The van der Waals surface area contributed by atoms with Crippen LogP contribution in [0.25, 0.3) is 10.9 Å². The fourth-order valence-electron chi connectivity index (χ4n) is 2.79. The van der Waals surface area contributed by atoms with Crippen molar-refractivity contribution in [1.29, 1.82) is 0 Å². The van der Waals surface area contributed by atoms with E-state index >= 15 is 0 Å². The Morgan fingerprint density at radius 3 is 3.05 bits per heavy atom. The highest BCUT2D eigenvalue weighted by Crippen LogP contribution is 2.30. The summed E-state index contributed by atoms with van der Waals surface area (Å²) in [6, 6.07) is 6.28. The van der Waals surface area contributed by atoms with E-state index in [-0.39, 0.29) is 0 Å². The molecular weight excluding hydrogens is 272 g/mol. The van der Waals surface area contributed by atoms with Crippen molar-refractivity contribution in [3.8, 4) is 0 Å². The average molecular weight is 291 g/mol. The first-order valence-electron chi connectivity index (χ1n) is 7.06. The van der Waals surface area contributed by atoms with E-state index in [1.54, 1.807) is 0 Å². The monoisotopic (exact) mass is 290 g/mol. The molecule has 1 aliphatic heterocycles. The molecule has 1 fully saturated rings. The molecule has 3 rings (SSSR count). The van der Waals surface area contributed by atoms with Crippen LogP contribution in [0.15, 0.2) is 24.4 Å². The first kappa shape index (κ1) is 13.7. The average Bonchev–Trinajstić information content (AvgIpc) is 2.42. The molecule has 0 aliphatic carbocycles. The van der Waals surface area contributed by atoms with E-state index in [1.807, 2.05) is 24.4 Å². The number of ether oxygens (including phenoxy) is 1. The second-order valence-electron chi connectivity index (χ2n) is 5.52. The maximum Gasteiger partial charge on any atom is 0.0723 e. The van der Waals surface area contributed by atoms with Crippen molar-refractivity contribution in [3.63, 3.8) is 0 Å². The SMILES string of the molecule is Cc1cnc2ccc(Cl)cc2c1N[C@@H]1CCO[C@H](C)C1. The summed E-state index contributed by atoms with van der Waals surface area (Å²) >= 11 is 6.13. The molecule has 106 valence electrons. The number of benzene rings is 1. The smallest absolute Gasteiger partial charge is 0.0723 e. The molecule has 1 N–H and O–H groups in total. The number of hydrogen-bond donors (Lipinski definition) is 1. The van der Waals surface area contributed by atoms with Crippen LogP contribution in [0, 0.1) is 6.92 Å². The van der Waals surface area contributed by atoms with Crippen LogP contribution in [-0.2, 0) is 4.74 Å². The molecule has 2 atom stereocenters. The molecule has 3 nitrogen and oxygen atoms in total. The molecule has 1 aliphatic rings.